The lowest BCUT2D eigenvalue weighted by molar-refractivity contribution is 0.0695. The van der Waals surface area contributed by atoms with Gasteiger partial charge in [0.25, 0.3) is 0 Å². The molecule has 0 saturated carbocycles. The van der Waals surface area contributed by atoms with E-state index >= 15 is 0 Å². The van der Waals surface area contributed by atoms with E-state index in [0.29, 0.717) is 5.56 Å². The number of allylic oxidation sites excluding steroid dienone is 4. The summed E-state index contributed by atoms with van der Waals surface area (Å²) < 4.78 is 0. The first-order valence-corrected chi connectivity index (χ1v) is 7.23. The number of hydrogen-bond donors (Lipinski definition) is 2. The smallest absolute Gasteiger partial charge is 0.335 e. The highest BCUT2D eigenvalue weighted by molar-refractivity contribution is 5.94. The van der Waals surface area contributed by atoms with Gasteiger partial charge in [-0.2, -0.15) is 0 Å². The van der Waals surface area contributed by atoms with Gasteiger partial charge < -0.3 is 10.2 Å². The molecule has 1 aliphatic rings. The molecule has 0 atom stereocenters. The van der Waals surface area contributed by atoms with Crippen LogP contribution < -0.4 is 0 Å². The van der Waals surface area contributed by atoms with E-state index in [0.717, 1.165) is 6.07 Å². The molecule has 118 valence electrons. The van der Waals surface area contributed by atoms with Gasteiger partial charge in [-0.25, -0.2) is 9.59 Å². The molecule has 1 aromatic carbocycles. The lowest BCUT2D eigenvalue weighted by atomic mass is 9.99. The van der Waals surface area contributed by atoms with Crippen molar-refractivity contribution in [3.8, 4) is 0 Å². The average molecular weight is 302 g/mol. The molecule has 0 amide bonds. The Morgan fingerprint density at radius 1 is 1.09 bits per heavy atom. The van der Waals surface area contributed by atoms with Crippen molar-refractivity contribution in [2.75, 3.05) is 0 Å². The van der Waals surface area contributed by atoms with Crippen molar-refractivity contribution < 1.29 is 19.8 Å². The van der Waals surface area contributed by atoms with Gasteiger partial charge in [-0.1, -0.05) is 23.8 Å². The first-order valence-electron chi connectivity index (χ1n) is 7.23. The minimum Gasteiger partial charge on any atom is -0.478 e. The van der Waals surface area contributed by atoms with Crippen molar-refractivity contribution in [1.29, 1.82) is 0 Å². The predicted octanol–water partition coefficient (Wildman–Crippen LogP) is 4.45. The molecule has 0 bridgehead atoms. The molecule has 0 aliphatic heterocycles. The van der Waals surface area contributed by atoms with E-state index in [-0.39, 0.29) is 11.1 Å². The maximum atomic E-state index is 10.6. The Labute approximate surface area is 130 Å². The molecule has 0 saturated heterocycles. The third-order valence-corrected chi connectivity index (χ3v) is 3.49. The fourth-order valence-corrected chi connectivity index (χ4v) is 2.12. The van der Waals surface area contributed by atoms with Crippen molar-refractivity contribution in [3.05, 3.63) is 58.2 Å². The highest BCUT2D eigenvalue weighted by atomic mass is 16.4. The zero-order valence-electron chi connectivity index (χ0n) is 13.2. The van der Waals surface area contributed by atoms with Crippen LogP contribution in [0.5, 0.6) is 0 Å². The second-order valence-corrected chi connectivity index (χ2v) is 5.46. The highest BCUT2D eigenvalue weighted by Crippen LogP contribution is 2.18. The van der Waals surface area contributed by atoms with E-state index in [1.165, 1.54) is 37.0 Å². The molecule has 1 aromatic rings. The molecule has 2 rings (SSSR count). The summed E-state index contributed by atoms with van der Waals surface area (Å²) in [6.45, 7) is 5.99. The molecule has 4 heteroatoms. The maximum absolute atomic E-state index is 10.6. The summed E-state index contributed by atoms with van der Waals surface area (Å²) in [7, 11) is 0. The largest absolute Gasteiger partial charge is 0.478 e. The molecular formula is C18H22O4. The summed E-state index contributed by atoms with van der Waals surface area (Å²) in [4.78, 5) is 21.1. The SMILES string of the molecule is CC(C)=C1C=CCCC1.Cc1ccc(C(=O)O)cc1C(=O)O. The number of carbonyl (C=O) groups is 2. The van der Waals surface area contributed by atoms with Gasteiger partial charge in [-0.05, 0) is 63.3 Å². The summed E-state index contributed by atoms with van der Waals surface area (Å²) in [5.74, 6) is -2.23. The summed E-state index contributed by atoms with van der Waals surface area (Å²) in [5.41, 5.74) is 3.59. The second-order valence-electron chi connectivity index (χ2n) is 5.46. The molecule has 0 unspecified atom stereocenters. The van der Waals surface area contributed by atoms with Crippen LogP contribution in [0.1, 0.15) is 59.4 Å². The number of rotatable bonds is 2. The van der Waals surface area contributed by atoms with Crippen molar-refractivity contribution in [3.63, 3.8) is 0 Å². The van der Waals surface area contributed by atoms with E-state index in [4.69, 9.17) is 10.2 Å². The number of aromatic carboxylic acids is 2. The van der Waals surface area contributed by atoms with Gasteiger partial charge in [0.05, 0.1) is 11.1 Å². The van der Waals surface area contributed by atoms with Gasteiger partial charge in [-0.15, -0.1) is 0 Å². The number of carboxylic acids is 2. The Bertz CT molecular complexity index is 620. The minimum atomic E-state index is -1.12. The van der Waals surface area contributed by atoms with Crippen molar-refractivity contribution in [2.24, 2.45) is 0 Å². The number of benzene rings is 1. The topological polar surface area (TPSA) is 74.6 Å². The van der Waals surface area contributed by atoms with Crippen LogP contribution in [0.2, 0.25) is 0 Å². The molecule has 0 radical (unpaired) electrons. The zero-order chi connectivity index (χ0) is 16.7. The molecule has 2 N–H and O–H groups in total. The summed E-state index contributed by atoms with van der Waals surface area (Å²) in [6.07, 6.45) is 8.44. The van der Waals surface area contributed by atoms with E-state index in [2.05, 4.69) is 26.0 Å². The Hall–Kier alpha value is -2.36. The molecule has 0 spiro atoms. The highest BCUT2D eigenvalue weighted by Gasteiger charge is 2.10. The minimum absolute atomic E-state index is 0.0111. The van der Waals surface area contributed by atoms with Gasteiger partial charge in [0.15, 0.2) is 0 Å². The summed E-state index contributed by atoms with van der Waals surface area (Å²) in [5, 5.41) is 17.3. The van der Waals surface area contributed by atoms with Crippen LogP contribution in [0.4, 0.5) is 0 Å². The van der Waals surface area contributed by atoms with E-state index in [1.54, 1.807) is 12.5 Å². The van der Waals surface area contributed by atoms with Crippen LogP contribution in [0.15, 0.2) is 41.5 Å². The van der Waals surface area contributed by atoms with Crippen LogP contribution in [-0.2, 0) is 0 Å². The van der Waals surface area contributed by atoms with Crippen molar-refractivity contribution >= 4 is 11.9 Å². The first-order chi connectivity index (χ1) is 10.3. The Morgan fingerprint density at radius 2 is 1.77 bits per heavy atom. The Morgan fingerprint density at radius 3 is 2.18 bits per heavy atom. The van der Waals surface area contributed by atoms with Crippen LogP contribution in [0.25, 0.3) is 0 Å². The number of aryl methyl sites for hydroxylation is 1. The van der Waals surface area contributed by atoms with Gasteiger partial charge >= 0.3 is 11.9 Å². The molecule has 22 heavy (non-hydrogen) atoms. The summed E-state index contributed by atoms with van der Waals surface area (Å²) in [6, 6.07) is 4.01. The Balaban J connectivity index is 0.000000235. The van der Waals surface area contributed by atoms with Crippen LogP contribution in [-0.4, -0.2) is 22.2 Å². The predicted molar refractivity (Wildman–Crippen MR) is 86.5 cm³/mol. The second kappa shape index (κ2) is 8.17. The van der Waals surface area contributed by atoms with Gasteiger partial charge in [0.1, 0.15) is 0 Å². The fraction of sp³-hybridized carbons (Fsp3) is 0.333. The van der Waals surface area contributed by atoms with E-state index < -0.39 is 11.9 Å². The lowest BCUT2D eigenvalue weighted by Gasteiger charge is -2.08. The monoisotopic (exact) mass is 302 g/mol. The zero-order valence-corrected chi connectivity index (χ0v) is 13.2. The van der Waals surface area contributed by atoms with Gasteiger partial charge in [-0.3, -0.25) is 0 Å². The fourth-order valence-electron chi connectivity index (χ4n) is 2.12. The third kappa shape index (κ3) is 5.20. The standard InChI is InChI=1S/C9H8O4.C9H14/c1-5-2-3-6(8(10)11)4-7(5)9(12)13;1-8(2)9-6-4-3-5-7-9/h2-4H,1H3,(H,10,11)(H,12,13);4,6H,3,5,7H2,1-2H3. The van der Waals surface area contributed by atoms with Crippen LogP contribution >= 0.6 is 0 Å². The lowest BCUT2D eigenvalue weighted by Crippen LogP contribution is -2.03. The maximum Gasteiger partial charge on any atom is 0.335 e. The molecule has 0 fully saturated rings. The van der Waals surface area contributed by atoms with E-state index in [9.17, 15) is 9.59 Å². The van der Waals surface area contributed by atoms with Crippen molar-refractivity contribution in [1.82, 2.24) is 0 Å². The first kappa shape index (κ1) is 17.7. The van der Waals surface area contributed by atoms with Gasteiger partial charge in [0.2, 0.25) is 0 Å². The quantitative estimate of drug-likeness (QED) is 0.846. The number of hydrogen-bond acceptors (Lipinski definition) is 2. The van der Waals surface area contributed by atoms with Crippen molar-refractivity contribution in [2.45, 2.75) is 40.0 Å². The van der Waals surface area contributed by atoms with E-state index in [1.807, 2.05) is 0 Å². The Kier molecular flexibility index (Phi) is 6.57. The number of carboxylic acid groups (broad SMARTS) is 2. The average Bonchev–Trinajstić information content (AvgIpc) is 2.48. The van der Waals surface area contributed by atoms with Gasteiger partial charge in [0, 0.05) is 0 Å². The normalized spacial score (nSPS) is 13.1. The third-order valence-electron chi connectivity index (χ3n) is 3.49. The molecule has 0 heterocycles. The molecule has 4 nitrogen and oxygen atoms in total. The molecule has 0 aromatic heterocycles. The summed E-state index contributed by atoms with van der Waals surface area (Å²) >= 11 is 0. The molecule has 1 aliphatic carbocycles. The van der Waals surface area contributed by atoms with Crippen LogP contribution in [0, 0.1) is 6.92 Å². The van der Waals surface area contributed by atoms with Crippen LogP contribution in [0.3, 0.4) is 0 Å². The molecular weight excluding hydrogens is 280 g/mol.